The van der Waals surface area contributed by atoms with Crippen LogP contribution in [0.3, 0.4) is 0 Å². The van der Waals surface area contributed by atoms with E-state index in [1.54, 1.807) is 36.4 Å². The zero-order chi connectivity index (χ0) is 17.9. The third kappa shape index (κ3) is 3.85. The average molecular weight is 356 g/mol. The summed E-state index contributed by atoms with van der Waals surface area (Å²) in [5.41, 5.74) is 2.06. The van der Waals surface area contributed by atoms with Crippen LogP contribution in [0.25, 0.3) is 16.1 Å². The van der Waals surface area contributed by atoms with Crippen molar-refractivity contribution in [3.05, 3.63) is 58.8 Å². The van der Waals surface area contributed by atoms with Crippen LogP contribution in [0, 0.1) is 0 Å². The normalized spacial score (nSPS) is 12.7. The fraction of sp³-hybridized carbons (Fsp3) is 0.235. The van der Waals surface area contributed by atoms with Crippen molar-refractivity contribution in [3.63, 3.8) is 0 Å². The second-order valence-corrected chi connectivity index (χ2v) is 7.33. The third-order valence-corrected chi connectivity index (χ3v) is 5.35. The molecule has 0 aliphatic heterocycles. The maximum Gasteiger partial charge on any atom is 0.204 e. The summed E-state index contributed by atoms with van der Waals surface area (Å²) in [6.45, 7) is 4.21. The number of nitrogens with zero attached hydrogens (tertiary/aromatic N) is 4. The minimum Gasteiger partial charge on any atom is -0.573 e. The molecule has 0 fully saturated rings. The van der Waals surface area contributed by atoms with Gasteiger partial charge in [-0.15, -0.1) is 15.9 Å². The first-order chi connectivity index (χ1) is 12.0. The molecule has 0 saturated heterocycles. The van der Waals surface area contributed by atoms with Gasteiger partial charge in [0.05, 0.1) is 4.90 Å². The number of benzene rings is 2. The molecule has 1 N–H and O–H groups in total. The quantitative estimate of drug-likeness (QED) is 0.724. The highest BCUT2D eigenvalue weighted by Crippen LogP contribution is 2.31. The van der Waals surface area contributed by atoms with Gasteiger partial charge in [0.15, 0.2) is 0 Å². The fourth-order valence-electron chi connectivity index (χ4n) is 2.38. The number of aromatic nitrogens is 4. The van der Waals surface area contributed by atoms with Crippen LogP contribution in [0.15, 0.2) is 53.4 Å². The van der Waals surface area contributed by atoms with E-state index < -0.39 is 10.0 Å². The topological polar surface area (TPSA) is 103 Å². The third-order valence-electron chi connectivity index (χ3n) is 4.03. The van der Waals surface area contributed by atoms with Gasteiger partial charge in [-0.3, -0.25) is 0 Å². The number of sulfonamides is 1. The van der Waals surface area contributed by atoms with Crippen LogP contribution in [0.2, 0.25) is 0 Å². The molecule has 0 unspecified atom stereocenters. The van der Waals surface area contributed by atoms with Crippen molar-refractivity contribution in [2.75, 3.05) is 0 Å². The number of nitrogens with one attached hydrogen (secondary N) is 1. The van der Waals surface area contributed by atoms with E-state index in [1.807, 2.05) is 12.1 Å². The van der Waals surface area contributed by atoms with Gasteiger partial charge in [-0.25, -0.2) is 8.42 Å². The number of rotatable bonds is 6. The SMILES string of the molecule is CC[C@H](C)c1ccc(S(=O)(=O)[N-]c2cccc(-c3nn[nH]n3)c2)cc1. The molecule has 0 aliphatic carbocycles. The maximum atomic E-state index is 12.5. The molecular formula is C17H18N5O2S-. The van der Waals surface area contributed by atoms with E-state index in [0.29, 0.717) is 23.0 Å². The summed E-state index contributed by atoms with van der Waals surface area (Å²) < 4.78 is 29.0. The van der Waals surface area contributed by atoms with Crippen molar-refractivity contribution in [2.45, 2.75) is 31.1 Å². The maximum absolute atomic E-state index is 12.5. The average Bonchev–Trinajstić information content (AvgIpc) is 3.16. The number of hydrogen-bond acceptors (Lipinski definition) is 5. The molecule has 1 aromatic heterocycles. The number of H-pyrrole nitrogens is 1. The van der Waals surface area contributed by atoms with Crippen LogP contribution in [-0.2, 0) is 10.0 Å². The van der Waals surface area contributed by atoms with E-state index in [0.717, 1.165) is 12.0 Å². The largest absolute Gasteiger partial charge is 0.573 e. The minimum absolute atomic E-state index is 0.171. The standard InChI is InChI=1S/C17H18N5O2S/c1-3-12(2)13-7-9-16(10-8-13)25(23,24)20-15-6-4-5-14(11-15)17-18-21-22-19-17/h4-12H,3H2,1-2H3,(H,18,19,21,22)/q-1/t12-/m0/s1. The molecule has 0 aliphatic rings. The summed E-state index contributed by atoms with van der Waals surface area (Å²) in [7, 11) is -3.79. The summed E-state index contributed by atoms with van der Waals surface area (Å²) >= 11 is 0. The Kier molecular flexibility index (Phi) is 4.80. The lowest BCUT2D eigenvalue weighted by Crippen LogP contribution is -1.99. The Morgan fingerprint density at radius 3 is 2.56 bits per heavy atom. The van der Waals surface area contributed by atoms with Gasteiger partial charge >= 0.3 is 0 Å². The van der Waals surface area contributed by atoms with E-state index in [9.17, 15) is 8.42 Å². The lowest BCUT2D eigenvalue weighted by Gasteiger charge is -2.22. The van der Waals surface area contributed by atoms with Crippen LogP contribution in [-0.4, -0.2) is 29.0 Å². The highest BCUT2D eigenvalue weighted by molar-refractivity contribution is 7.94. The predicted molar refractivity (Wildman–Crippen MR) is 95.0 cm³/mol. The van der Waals surface area contributed by atoms with Crippen LogP contribution < -0.4 is 0 Å². The summed E-state index contributed by atoms with van der Waals surface area (Å²) in [4.78, 5) is 0.171. The van der Waals surface area contributed by atoms with Crippen molar-refractivity contribution in [2.24, 2.45) is 0 Å². The van der Waals surface area contributed by atoms with E-state index in [4.69, 9.17) is 0 Å². The Bertz CT molecular complexity index is 937. The molecule has 7 nitrogen and oxygen atoms in total. The highest BCUT2D eigenvalue weighted by Gasteiger charge is 2.08. The molecule has 2 aromatic carbocycles. The second kappa shape index (κ2) is 7.02. The van der Waals surface area contributed by atoms with E-state index in [1.165, 1.54) is 0 Å². The monoisotopic (exact) mass is 356 g/mol. The number of hydrogen-bond donors (Lipinski definition) is 1. The van der Waals surface area contributed by atoms with Gasteiger partial charge in [0.25, 0.3) is 0 Å². The Morgan fingerprint density at radius 1 is 1.16 bits per heavy atom. The summed E-state index contributed by atoms with van der Waals surface area (Å²) in [5.74, 6) is 0.771. The van der Waals surface area contributed by atoms with Crippen molar-refractivity contribution < 1.29 is 8.42 Å². The molecule has 1 atom stereocenters. The van der Waals surface area contributed by atoms with Gasteiger partial charge in [0.1, 0.15) is 10.0 Å². The molecular weight excluding hydrogens is 338 g/mol. The minimum atomic E-state index is -3.79. The highest BCUT2D eigenvalue weighted by atomic mass is 32.2. The molecule has 0 radical (unpaired) electrons. The fourth-order valence-corrected chi connectivity index (χ4v) is 3.36. The van der Waals surface area contributed by atoms with Crippen molar-refractivity contribution in [1.29, 1.82) is 0 Å². The molecule has 8 heteroatoms. The number of aromatic amines is 1. The van der Waals surface area contributed by atoms with E-state index in [-0.39, 0.29) is 4.90 Å². The van der Waals surface area contributed by atoms with Gasteiger partial charge in [-0.05, 0) is 35.2 Å². The van der Waals surface area contributed by atoms with Crippen molar-refractivity contribution >= 4 is 15.7 Å². The first-order valence-corrected chi connectivity index (χ1v) is 9.35. The Morgan fingerprint density at radius 2 is 1.92 bits per heavy atom. The molecule has 3 aromatic rings. The van der Waals surface area contributed by atoms with Crippen LogP contribution in [0.5, 0.6) is 0 Å². The van der Waals surface area contributed by atoms with Crippen LogP contribution in [0.1, 0.15) is 31.7 Å². The lowest BCUT2D eigenvalue weighted by molar-refractivity contribution is 0.603. The number of tetrazole rings is 1. The van der Waals surface area contributed by atoms with Gasteiger partial charge in [0.2, 0.25) is 5.82 Å². The summed E-state index contributed by atoms with van der Waals surface area (Å²) in [5, 5.41) is 13.6. The molecule has 0 bridgehead atoms. The molecule has 0 amide bonds. The molecule has 0 spiro atoms. The Labute approximate surface area is 146 Å². The first-order valence-electron chi connectivity index (χ1n) is 7.91. The van der Waals surface area contributed by atoms with Crippen molar-refractivity contribution in [3.8, 4) is 11.4 Å². The van der Waals surface area contributed by atoms with E-state index >= 15 is 0 Å². The van der Waals surface area contributed by atoms with Gasteiger partial charge in [-0.1, -0.05) is 50.2 Å². The van der Waals surface area contributed by atoms with Crippen LogP contribution >= 0.6 is 0 Å². The molecule has 3 rings (SSSR count). The smallest absolute Gasteiger partial charge is 0.204 e. The lowest BCUT2D eigenvalue weighted by atomic mass is 9.99. The molecule has 0 saturated carbocycles. The van der Waals surface area contributed by atoms with Gasteiger partial charge < -0.3 is 4.72 Å². The Balaban J connectivity index is 1.83. The van der Waals surface area contributed by atoms with Crippen molar-refractivity contribution in [1.82, 2.24) is 20.6 Å². The predicted octanol–water partition coefficient (Wildman–Crippen LogP) is 3.77. The van der Waals surface area contributed by atoms with E-state index in [2.05, 4.69) is 39.2 Å². The first kappa shape index (κ1) is 17.1. The summed E-state index contributed by atoms with van der Waals surface area (Å²) in [6.07, 6.45) is 0.999. The van der Waals surface area contributed by atoms with Crippen LogP contribution in [0.4, 0.5) is 5.69 Å². The molecule has 25 heavy (non-hydrogen) atoms. The zero-order valence-electron chi connectivity index (χ0n) is 13.9. The summed E-state index contributed by atoms with van der Waals surface area (Å²) in [6, 6.07) is 13.6. The van der Waals surface area contributed by atoms with Gasteiger partial charge in [0, 0.05) is 5.56 Å². The Hall–Kier alpha value is -2.74. The second-order valence-electron chi connectivity index (χ2n) is 5.73. The van der Waals surface area contributed by atoms with Gasteiger partial charge in [-0.2, -0.15) is 5.21 Å². The zero-order valence-corrected chi connectivity index (χ0v) is 14.7. The molecule has 1 heterocycles. The molecule has 130 valence electrons.